The zero-order valence-electron chi connectivity index (χ0n) is 13.9. The number of furan rings is 1. The molecule has 2 aromatic carbocycles. The molecule has 3 rings (SSSR count). The molecule has 3 aromatic rings. The first kappa shape index (κ1) is 17.8. The van der Waals surface area contributed by atoms with Gasteiger partial charge in [-0.15, -0.1) is 0 Å². The highest BCUT2D eigenvalue weighted by atomic mass is 32.2. The molecule has 0 fully saturated rings. The number of hydroxylamine groups is 1. The maximum atomic E-state index is 12.5. The maximum absolute atomic E-state index is 12.5. The second kappa shape index (κ2) is 6.70. The molecule has 0 unspecified atom stereocenters. The van der Waals surface area contributed by atoms with Gasteiger partial charge in [0.25, 0.3) is 15.9 Å². The molecule has 1 amide bonds. The van der Waals surface area contributed by atoms with Gasteiger partial charge in [0, 0.05) is 11.1 Å². The Hall–Kier alpha value is -3.04. The predicted octanol–water partition coefficient (Wildman–Crippen LogP) is 2.67. The van der Waals surface area contributed by atoms with E-state index in [4.69, 9.17) is 14.4 Å². The Morgan fingerprint density at radius 2 is 1.85 bits per heavy atom. The van der Waals surface area contributed by atoms with Crippen molar-refractivity contribution >= 4 is 32.6 Å². The Morgan fingerprint density at radius 3 is 2.46 bits per heavy atom. The lowest BCUT2D eigenvalue weighted by atomic mass is 10.1. The molecule has 0 saturated heterocycles. The van der Waals surface area contributed by atoms with Crippen molar-refractivity contribution in [2.75, 3.05) is 11.8 Å². The molecular formula is C17H16N2O6S. The van der Waals surface area contributed by atoms with E-state index in [0.29, 0.717) is 22.5 Å². The molecule has 136 valence electrons. The van der Waals surface area contributed by atoms with E-state index >= 15 is 0 Å². The second-order valence-corrected chi connectivity index (χ2v) is 7.15. The molecule has 1 aromatic heterocycles. The van der Waals surface area contributed by atoms with E-state index in [9.17, 15) is 13.2 Å². The molecular weight excluding hydrogens is 360 g/mol. The van der Waals surface area contributed by atoms with Crippen LogP contribution in [0.3, 0.4) is 0 Å². The fourth-order valence-electron chi connectivity index (χ4n) is 2.59. The van der Waals surface area contributed by atoms with Gasteiger partial charge >= 0.3 is 0 Å². The summed E-state index contributed by atoms with van der Waals surface area (Å²) in [5.41, 5.74) is 2.34. The number of nitrogens with one attached hydrogen (secondary N) is 2. The lowest BCUT2D eigenvalue weighted by Gasteiger charge is -2.09. The summed E-state index contributed by atoms with van der Waals surface area (Å²) in [4.78, 5) is 11.9. The van der Waals surface area contributed by atoms with E-state index in [2.05, 4.69) is 4.72 Å². The number of rotatable bonds is 5. The normalized spacial score (nSPS) is 11.3. The van der Waals surface area contributed by atoms with Crippen LogP contribution in [-0.2, 0) is 10.0 Å². The van der Waals surface area contributed by atoms with Crippen molar-refractivity contribution in [3.05, 3.63) is 53.8 Å². The molecule has 0 aliphatic heterocycles. The van der Waals surface area contributed by atoms with Crippen LogP contribution in [0.25, 0.3) is 11.0 Å². The van der Waals surface area contributed by atoms with Crippen LogP contribution in [0.2, 0.25) is 0 Å². The number of amides is 1. The van der Waals surface area contributed by atoms with Crippen LogP contribution in [0.15, 0.2) is 51.8 Å². The number of fused-ring (bicyclic) bond motifs is 1. The van der Waals surface area contributed by atoms with E-state index in [-0.39, 0.29) is 16.1 Å². The Kier molecular flexibility index (Phi) is 4.58. The molecule has 0 atom stereocenters. The summed E-state index contributed by atoms with van der Waals surface area (Å²) >= 11 is 0. The first-order chi connectivity index (χ1) is 12.4. The number of carbonyl (C=O) groups excluding carboxylic acids is 1. The maximum Gasteiger partial charge on any atom is 0.278 e. The number of ether oxygens (including phenoxy) is 1. The van der Waals surface area contributed by atoms with Gasteiger partial charge in [0.1, 0.15) is 17.1 Å². The molecule has 0 aliphatic carbocycles. The number of hydrogen-bond donors (Lipinski definition) is 3. The van der Waals surface area contributed by atoms with Crippen LogP contribution in [0.5, 0.6) is 5.75 Å². The van der Waals surface area contributed by atoms with E-state index in [1.807, 2.05) is 0 Å². The summed E-state index contributed by atoms with van der Waals surface area (Å²) in [6, 6.07) is 10.5. The minimum absolute atomic E-state index is 0.0649. The van der Waals surface area contributed by atoms with Gasteiger partial charge in [0.2, 0.25) is 0 Å². The lowest BCUT2D eigenvalue weighted by Crippen LogP contribution is -2.19. The average molecular weight is 376 g/mol. The van der Waals surface area contributed by atoms with Crippen LogP contribution in [0.4, 0.5) is 5.69 Å². The van der Waals surface area contributed by atoms with Crippen molar-refractivity contribution in [1.82, 2.24) is 5.48 Å². The number of benzene rings is 2. The largest absolute Gasteiger partial charge is 0.497 e. The zero-order chi connectivity index (χ0) is 18.9. The van der Waals surface area contributed by atoms with Crippen LogP contribution < -0.4 is 14.9 Å². The van der Waals surface area contributed by atoms with E-state index in [0.717, 1.165) is 0 Å². The second-order valence-electron chi connectivity index (χ2n) is 5.47. The van der Waals surface area contributed by atoms with Gasteiger partial charge in [-0.25, -0.2) is 13.9 Å². The minimum atomic E-state index is -3.82. The van der Waals surface area contributed by atoms with E-state index < -0.39 is 15.9 Å². The molecule has 1 heterocycles. The Balaban J connectivity index is 1.98. The van der Waals surface area contributed by atoms with Gasteiger partial charge in [0.05, 0.1) is 17.6 Å². The summed E-state index contributed by atoms with van der Waals surface area (Å²) in [5.74, 6) is 0.108. The minimum Gasteiger partial charge on any atom is -0.497 e. The fraction of sp³-hybridized carbons (Fsp3) is 0.118. The average Bonchev–Trinajstić information content (AvgIpc) is 2.96. The van der Waals surface area contributed by atoms with Crippen LogP contribution in [0, 0.1) is 6.92 Å². The van der Waals surface area contributed by atoms with Gasteiger partial charge in [-0.1, -0.05) is 0 Å². The SMILES string of the molecule is COc1ccc(S(=O)(=O)Nc2ccc3oc(C)c(C(=O)NO)c3c2)cc1. The first-order valence-corrected chi connectivity index (χ1v) is 8.98. The highest BCUT2D eigenvalue weighted by molar-refractivity contribution is 7.92. The standard InChI is InChI=1S/C17H16N2O6S/c1-10-16(17(20)18-21)14-9-11(3-8-15(14)25-10)19-26(22,23)13-6-4-12(24-2)5-7-13/h3-9,19,21H,1-2H3,(H,18,20). The number of hydrogen-bond acceptors (Lipinski definition) is 6. The Bertz CT molecular complexity index is 1070. The van der Waals surface area contributed by atoms with Crippen molar-refractivity contribution in [3.63, 3.8) is 0 Å². The van der Waals surface area contributed by atoms with Crippen LogP contribution in [0.1, 0.15) is 16.1 Å². The van der Waals surface area contributed by atoms with Crippen molar-refractivity contribution in [1.29, 1.82) is 0 Å². The number of anilines is 1. The summed E-state index contributed by atoms with van der Waals surface area (Å²) < 4.78 is 38.0. The summed E-state index contributed by atoms with van der Waals surface area (Å²) in [6.45, 7) is 1.58. The lowest BCUT2D eigenvalue weighted by molar-refractivity contribution is 0.0706. The fourth-order valence-corrected chi connectivity index (χ4v) is 3.64. The van der Waals surface area contributed by atoms with Crippen LogP contribution in [-0.4, -0.2) is 26.6 Å². The summed E-state index contributed by atoms with van der Waals surface area (Å²) in [7, 11) is -2.33. The first-order valence-electron chi connectivity index (χ1n) is 7.50. The van der Waals surface area contributed by atoms with Gasteiger partial charge in [0.15, 0.2) is 0 Å². The number of aryl methyl sites for hydroxylation is 1. The van der Waals surface area contributed by atoms with Crippen LogP contribution >= 0.6 is 0 Å². The van der Waals surface area contributed by atoms with Gasteiger partial charge in [-0.3, -0.25) is 14.7 Å². The predicted molar refractivity (Wildman–Crippen MR) is 94.0 cm³/mol. The monoisotopic (exact) mass is 376 g/mol. The molecule has 0 spiro atoms. The molecule has 26 heavy (non-hydrogen) atoms. The van der Waals surface area contributed by atoms with Crippen molar-refractivity contribution in [2.24, 2.45) is 0 Å². The molecule has 9 heteroatoms. The molecule has 0 aliphatic rings. The van der Waals surface area contributed by atoms with Crippen molar-refractivity contribution < 1.29 is 27.6 Å². The summed E-state index contributed by atoms with van der Waals surface area (Å²) in [6.07, 6.45) is 0. The molecule has 0 saturated carbocycles. The quantitative estimate of drug-likeness (QED) is 0.465. The molecule has 0 radical (unpaired) electrons. The highest BCUT2D eigenvalue weighted by Gasteiger charge is 2.20. The molecule has 0 bridgehead atoms. The van der Waals surface area contributed by atoms with E-state index in [1.54, 1.807) is 30.6 Å². The van der Waals surface area contributed by atoms with E-state index in [1.165, 1.54) is 31.4 Å². The number of methoxy groups -OCH3 is 1. The Morgan fingerprint density at radius 1 is 1.15 bits per heavy atom. The molecule has 3 N–H and O–H groups in total. The molecule has 8 nitrogen and oxygen atoms in total. The Labute approximate surface area is 149 Å². The smallest absolute Gasteiger partial charge is 0.278 e. The summed E-state index contributed by atoms with van der Waals surface area (Å²) in [5, 5.41) is 9.25. The third-order valence-electron chi connectivity index (χ3n) is 3.81. The van der Waals surface area contributed by atoms with Gasteiger partial charge < -0.3 is 9.15 Å². The van der Waals surface area contributed by atoms with Gasteiger partial charge in [-0.2, -0.15) is 0 Å². The van der Waals surface area contributed by atoms with Crippen molar-refractivity contribution in [3.8, 4) is 5.75 Å². The van der Waals surface area contributed by atoms with Crippen molar-refractivity contribution in [2.45, 2.75) is 11.8 Å². The number of sulfonamides is 1. The third-order valence-corrected chi connectivity index (χ3v) is 5.21. The third kappa shape index (κ3) is 3.22. The zero-order valence-corrected chi connectivity index (χ0v) is 14.8. The highest BCUT2D eigenvalue weighted by Crippen LogP contribution is 2.29. The van der Waals surface area contributed by atoms with Gasteiger partial charge in [-0.05, 0) is 49.4 Å². The topological polar surface area (TPSA) is 118 Å². The number of carbonyl (C=O) groups is 1.